The van der Waals surface area contributed by atoms with Crippen LogP contribution >= 0.6 is 0 Å². The Balaban J connectivity index is 1.70. The van der Waals surface area contributed by atoms with Gasteiger partial charge in [-0.25, -0.2) is 4.98 Å². The molecule has 1 saturated heterocycles. The van der Waals surface area contributed by atoms with Crippen LogP contribution in [0.15, 0.2) is 18.3 Å². The Morgan fingerprint density at radius 3 is 2.89 bits per heavy atom. The highest BCUT2D eigenvalue weighted by molar-refractivity contribution is 5.93. The van der Waals surface area contributed by atoms with Crippen LogP contribution in [0.3, 0.4) is 0 Å². The molecular weight excluding hydrogens is 238 g/mol. The molecular formula is C15H21N3O. The number of piperidine rings is 1. The highest BCUT2D eigenvalue weighted by Gasteiger charge is 2.45. The van der Waals surface area contributed by atoms with Crippen molar-refractivity contribution in [2.45, 2.75) is 32.6 Å². The molecule has 0 atom stereocenters. The first-order chi connectivity index (χ1) is 9.22. The van der Waals surface area contributed by atoms with Crippen molar-refractivity contribution in [1.82, 2.24) is 10.3 Å². The van der Waals surface area contributed by atoms with Gasteiger partial charge in [0.05, 0.1) is 5.56 Å². The Bertz CT molecular complexity index is 465. The fourth-order valence-electron chi connectivity index (χ4n) is 2.96. The monoisotopic (exact) mass is 259 g/mol. The number of carbonyl (C=O) groups is 1. The number of hydrogen-bond acceptors (Lipinski definition) is 3. The maximum absolute atomic E-state index is 11.7. The highest BCUT2D eigenvalue weighted by Crippen LogP contribution is 2.52. The Kier molecular flexibility index (Phi) is 3.17. The molecule has 0 aromatic carbocycles. The zero-order valence-corrected chi connectivity index (χ0v) is 11.5. The molecule has 0 unspecified atom stereocenters. The fraction of sp³-hybridized carbons (Fsp3) is 0.600. The molecule has 2 fully saturated rings. The van der Waals surface area contributed by atoms with Crippen LogP contribution in [0, 0.1) is 5.41 Å². The van der Waals surface area contributed by atoms with E-state index in [0.717, 1.165) is 18.9 Å². The number of anilines is 1. The summed E-state index contributed by atoms with van der Waals surface area (Å²) in [6.45, 7) is 4.80. The van der Waals surface area contributed by atoms with Crippen LogP contribution in [-0.2, 0) is 0 Å². The minimum absolute atomic E-state index is 0.0427. The SMILES string of the molecule is CCNC(=O)c1ccc(N2CCCC3(CC3)C2)nc1. The average molecular weight is 259 g/mol. The largest absolute Gasteiger partial charge is 0.356 e. The lowest BCUT2D eigenvalue weighted by Crippen LogP contribution is -2.37. The fourth-order valence-corrected chi connectivity index (χ4v) is 2.96. The van der Waals surface area contributed by atoms with Crippen molar-refractivity contribution in [2.24, 2.45) is 5.41 Å². The average Bonchev–Trinajstić information content (AvgIpc) is 3.18. The predicted molar refractivity (Wildman–Crippen MR) is 75.4 cm³/mol. The zero-order valence-electron chi connectivity index (χ0n) is 11.5. The standard InChI is InChI=1S/C15H21N3O/c1-2-16-14(19)12-4-5-13(17-10-12)18-9-3-6-15(11-18)7-8-15/h4-5,10H,2-3,6-9,11H2,1H3,(H,16,19). The van der Waals surface area contributed by atoms with Gasteiger partial charge < -0.3 is 10.2 Å². The zero-order chi connectivity index (χ0) is 13.3. The van der Waals surface area contributed by atoms with Gasteiger partial charge in [-0.3, -0.25) is 4.79 Å². The van der Waals surface area contributed by atoms with Gasteiger partial charge in [-0.05, 0) is 50.2 Å². The van der Waals surface area contributed by atoms with Crippen molar-refractivity contribution >= 4 is 11.7 Å². The number of hydrogen-bond donors (Lipinski definition) is 1. The summed E-state index contributed by atoms with van der Waals surface area (Å²) in [5.74, 6) is 0.970. The van der Waals surface area contributed by atoms with Crippen LogP contribution in [0.1, 0.15) is 43.0 Å². The number of pyridine rings is 1. The Morgan fingerprint density at radius 1 is 1.42 bits per heavy atom. The van der Waals surface area contributed by atoms with Crippen molar-refractivity contribution in [2.75, 3.05) is 24.5 Å². The minimum Gasteiger partial charge on any atom is -0.356 e. The first-order valence-electron chi connectivity index (χ1n) is 7.22. The maximum Gasteiger partial charge on any atom is 0.252 e. The molecule has 3 rings (SSSR count). The summed E-state index contributed by atoms with van der Waals surface area (Å²) in [4.78, 5) is 18.5. The second kappa shape index (κ2) is 4.83. The lowest BCUT2D eigenvalue weighted by atomic mass is 9.95. The van der Waals surface area contributed by atoms with Gasteiger partial charge in [0.15, 0.2) is 0 Å². The topological polar surface area (TPSA) is 45.2 Å². The van der Waals surface area contributed by atoms with Gasteiger partial charge in [0, 0.05) is 25.8 Å². The van der Waals surface area contributed by atoms with E-state index in [9.17, 15) is 4.79 Å². The Morgan fingerprint density at radius 2 is 2.26 bits per heavy atom. The Hall–Kier alpha value is -1.58. The third kappa shape index (κ3) is 2.57. The van der Waals surface area contributed by atoms with Crippen molar-refractivity contribution in [3.05, 3.63) is 23.9 Å². The van der Waals surface area contributed by atoms with Gasteiger partial charge >= 0.3 is 0 Å². The van der Waals surface area contributed by atoms with Gasteiger partial charge in [0.25, 0.3) is 5.91 Å². The molecule has 0 radical (unpaired) electrons. The molecule has 1 N–H and O–H groups in total. The minimum atomic E-state index is -0.0427. The third-order valence-electron chi connectivity index (χ3n) is 4.29. The summed E-state index contributed by atoms with van der Waals surface area (Å²) < 4.78 is 0. The van der Waals surface area contributed by atoms with E-state index in [4.69, 9.17) is 0 Å². The summed E-state index contributed by atoms with van der Waals surface area (Å²) in [5.41, 5.74) is 1.24. The van der Waals surface area contributed by atoms with Crippen LogP contribution < -0.4 is 10.2 Å². The third-order valence-corrected chi connectivity index (χ3v) is 4.29. The first-order valence-corrected chi connectivity index (χ1v) is 7.22. The second-order valence-corrected chi connectivity index (χ2v) is 5.79. The molecule has 1 saturated carbocycles. The van der Waals surface area contributed by atoms with E-state index in [1.807, 2.05) is 19.1 Å². The number of nitrogens with zero attached hydrogens (tertiary/aromatic N) is 2. The van der Waals surface area contributed by atoms with E-state index < -0.39 is 0 Å². The molecule has 1 aliphatic heterocycles. The summed E-state index contributed by atoms with van der Waals surface area (Å²) >= 11 is 0. The van der Waals surface area contributed by atoms with E-state index in [1.165, 1.54) is 25.7 Å². The van der Waals surface area contributed by atoms with Crippen molar-refractivity contribution in [3.8, 4) is 0 Å². The quantitative estimate of drug-likeness (QED) is 0.905. The van der Waals surface area contributed by atoms with Gasteiger partial charge in [0.1, 0.15) is 5.82 Å². The Labute approximate surface area is 114 Å². The van der Waals surface area contributed by atoms with Crippen molar-refractivity contribution in [1.29, 1.82) is 0 Å². The lowest BCUT2D eigenvalue weighted by molar-refractivity contribution is 0.0955. The van der Waals surface area contributed by atoms with E-state index >= 15 is 0 Å². The maximum atomic E-state index is 11.7. The molecule has 0 bridgehead atoms. The molecule has 1 aliphatic carbocycles. The van der Waals surface area contributed by atoms with E-state index in [2.05, 4.69) is 15.2 Å². The van der Waals surface area contributed by atoms with Crippen LogP contribution in [0.25, 0.3) is 0 Å². The van der Waals surface area contributed by atoms with Gasteiger partial charge in [0.2, 0.25) is 0 Å². The smallest absolute Gasteiger partial charge is 0.252 e. The number of nitrogens with one attached hydrogen (secondary N) is 1. The number of aromatic nitrogens is 1. The van der Waals surface area contributed by atoms with Crippen molar-refractivity contribution in [3.63, 3.8) is 0 Å². The molecule has 1 aromatic rings. The second-order valence-electron chi connectivity index (χ2n) is 5.79. The van der Waals surface area contributed by atoms with Crippen LogP contribution in [0.2, 0.25) is 0 Å². The summed E-state index contributed by atoms with van der Waals surface area (Å²) in [6.07, 6.45) is 7.08. The highest BCUT2D eigenvalue weighted by atomic mass is 16.1. The predicted octanol–water partition coefficient (Wildman–Crippen LogP) is 2.21. The van der Waals surface area contributed by atoms with Crippen molar-refractivity contribution < 1.29 is 4.79 Å². The molecule has 102 valence electrons. The summed E-state index contributed by atoms with van der Waals surface area (Å²) in [5, 5.41) is 2.79. The molecule has 2 heterocycles. The van der Waals surface area contributed by atoms with E-state index in [-0.39, 0.29) is 5.91 Å². The molecule has 4 heteroatoms. The van der Waals surface area contributed by atoms with E-state index in [0.29, 0.717) is 17.5 Å². The van der Waals surface area contributed by atoms with Crippen LogP contribution in [-0.4, -0.2) is 30.5 Å². The van der Waals surface area contributed by atoms with Gasteiger partial charge in [-0.15, -0.1) is 0 Å². The summed E-state index contributed by atoms with van der Waals surface area (Å²) in [6, 6.07) is 3.85. The molecule has 4 nitrogen and oxygen atoms in total. The van der Waals surface area contributed by atoms with Crippen LogP contribution in [0.4, 0.5) is 5.82 Å². The molecule has 1 amide bonds. The molecule has 1 spiro atoms. The summed E-state index contributed by atoms with van der Waals surface area (Å²) in [7, 11) is 0. The number of carbonyl (C=O) groups excluding carboxylic acids is 1. The number of amides is 1. The van der Waals surface area contributed by atoms with Gasteiger partial charge in [-0.1, -0.05) is 0 Å². The molecule has 19 heavy (non-hydrogen) atoms. The normalized spacial score (nSPS) is 20.4. The van der Waals surface area contributed by atoms with Crippen LogP contribution in [0.5, 0.6) is 0 Å². The van der Waals surface area contributed by atoms with Gasteiger partial charge in [-0.2, -0.15) is 0 Å². The molecule has 1 aromatic heterocycles. The first kappa shape index (κ1) is 12.5. The molecule has 2 aliphatic rings. The lowest BCUT2D eigenvalue weighted by Gasteiger charge is -2.33. The van der Waals surface area contributed by atoms with E-state index in [1.54, 1.807) is 6.20 Å². The number of rotatable bonds is 3.